The molecule has 4 rings (SSSR count). The van der Waals surface area contributed by atoms with Crippen molar-refractivity contribution in [3.8, 4) is 0 Å². The smallest absolute Gasteiger partial charge is 0.414 e. The Bertz CT molecular complexity index is 1080. The molecule has 6 heteroatoms. The molecule has 0 aliphatic carbocycles. The van der Waals surface area contributed by atoms with Crippen LogP contribution in [0, 0.1) is 0 Å². The Labute approximate surface area is 186 Å². The maximum atomic E-state index is 12.6. The number of hydrogen-bond acceptors (Lipinski definition) is 3. The third-order valence-electron chi connectivity index (χ3n) is 5.38. The second kappa shape index (κ2) is 9.23. The maximum Gasteiger partial charge on any atom is 0.414 e. The molecule has 0 fully saturated rings. The minimum Gasteiger partial charge on any atom is -0.444 e. The molecule has 0 saturated carbocycles. The summed E-state index contributed by atoms with van der Waals surface area (Å²) in [5.41, 5.74) is 4.43. The van der Waals surface area contributed by atoms with Crippen molar-refractivity contribution in [3.63, 3.8) is 0 Å². The zero-order valence-electron chi connectivity index (χ0n) is 17.2. The van der Waals surface area contributed by atoms with Crippen LogP contribution in [-0.2, 0) is 17.8 Å². The number of amides is 2. The van der Waals surface area contributed by atoms with Gasteiger partial charge in [-0.2, -0.15) is 0 Å². The van der Waals surface area contributed by atoms with E-state index in [0.717, 1.165) is 28.8 Å². The molecule has 0 aromatic heterocycles. The van der Waals surface area contributed by atoms with E-state index in [-0.39, 0.29) is 24.6 Å². The van der Waals surface area contributed by atoms with E-state index in [2.05, 4.69) is 5.32 Å². The van der Waals surface area contributed by atoms with Crippen LogP contribution in [-0.4, -0.2) is 18.5 Å². The largest absolute Gasteiger partial charge is 0.444 e. The molecule has 3 aromatic carbocycles. The fraction of sp³-hybridized carbons (Fsp3) is 0.200. The van der Waals surface area contributed by atoms with E-state index >= 15 is 0 Å². The lowest BCUT2D eigenvalue weighted by molar-refractivity contribution is 0.0940. The standard InChI is InChI=1S/C25H23ClN2O3/c1-17(27-24(29)19-7-10-22(26)11-8-19)20-9-12-23-21(15-20)13-14-28(23)25(30)31-16-18-5-3-2-4-6-18/h2-12,15,17H,13-14,16H2,1H3,(H,27,29)/t17-/m0/s1. The van der Waals surface area contributed by atoms with Crippen molar-refractivity contribution in [2.45, 2.75) is 26.0 Å². The highest BCUT2D eigenvalue weighted by molar-refractivity contribution is 6.30. The summed E-state index contributed by atoms with van der Waals surface area (Å²) >= 11 is 5.89. The average Bonchev–Trinajstić information content (AvgIpc) is 3.22. The van der Waals surface area contributed by atoms with Crippen molar-refractivity contribution >= 4 is 29.3 Å². The summed E-state index contributed by atoms with van der Waals surface area (Å²) < 4.78 is 5.48. The number of ether oxygens (including phenoxy) is 1. The molecule has 0 unspecified atom stereocenters. The Morgan fingerprint density at radius 2 is 1.81 bits per heavy atom. The fourth-order valence-electron chi connectivity index (χ4n) is 3.64. The molecule has 1 aliphatic rings. The molecule has 0 radical (unpaired) electrons. The van der Waals surface area contributed by atoms with Gasteiger partial charge in [-0.15, -0.1) is 0 Å². The molecule has 31 heavy (non-hydrogen) atoms. The SMILES string of the molecule is C[C@H](NC(=O)c1ccc(Cl)cc1)c1ccc2c(c1)CCN2C(=O)OCc1ccccc1. The Balaban J connectivity index is 1.40. The van der Waals surface area contributed by atoms with Crippen LogP contribution in [0.3, 0.4) is 0 Å². The number of nitrogens with zero attached hydrogens (tertiary/aromatic N) is 1. The van der Waals surface area contributed by atoms with Gasteiger partial charge in [0.05, 0.1) is 11.7 Å². The van der Waals surface area contributed by atoms with Gasteiger partial charge in [-0.3, -0.25) is 9.69 Å². The first kappa shape index (κ1) is 20.9. The zero-order chi connectivity index (χ0) is 21.8. The maximum absolute atomic E-state index is 12.6. The summed E-state index contributed by atoms with van der Waals surface area (Å²) in [6.45, 7) is 2.77. The average molecular weight is 435 g/mol. The van der Waals surface area contributed by atoms with Crippen molar-refractivity contribution in [2.24, 2.45) is 0 Å². The fourth-order valence-corrected chi connectivity index (χ4v) is 3.77. The zero-order valence-corrected chi connectivity index (χ0v) is 17.9. The lowest BCUT2D eigenvalue weighted by atomic mass is 10.0. The highest BCUT2D eigenvalue weighted by atomic mass is 35.5. The van der Waals surface area contributed by atoms with E-state index < -0.39 is 0 Å². The van der Waals surface area contributed by atoms with E-state index in [1.807, 2.05) is 55.5 Å². The topological polar surface area (TPSA) is 58.6 Å². The molecule has 1 N–H and O–H groups in total. The van der Waals surface area contributed by atoms with Gasteiger partial charge in [-0.25, -0.2) is 4.79 Å². The molecule has 0 saturated heterocycles. The number of rotatable bonds is 5. The van der Waals surface area contributed by atoms with Crippen LogP contribution in [0.2, 0.25) is 5.02 Å². The Morgan fingerprint density at radius 1 is 1.06 bits per heavy atom. The number of nitrogens with one attached hydrogen (secondary N) is 1. The summed E-state index contributed by atoms with van der Waals surface area (Å²) in [5.74, 6) is -0.157. The summed E-state index contributed by atoms with van der Waals surface area (Å²) in [6, 6.07) is 22.2. The van der Waals surface area contributed by atoms with Gasteiger partial charge in [-0.05, 0) is 60.4 Å². The third kappa shape index (κ3) is 4.89. The summed E-state index contributed by atoms with van der Waals surface area (Å²) in [5, 5.41) is 3.60. The molecule has 1 heterocycles. The number of benzene rings is 3. The summed E-state index contributed by atoms with van der Waals surface area (Å²) in [6.07, 6.45) is 0.404. The molecular weight excluding hydrogens is 412 g/mol. The van der Waals surface area contributed by atoms with Crippen LogP contribution >= 0.6 is 11.6 Å². The van der Waals surface area contributed by atoms with Gasteiger partial charge >= 0.3 is 6.09 Å². The second-order valence-electron chi connectivity index (χ2n) is 7.53. The predicted octanol–water partition coefficient (Wildman–Crippen LogP) is 5.53. The molecule has 0 spiro atoms. The molecule has 0 bridgehead atoms. The van der Waals surface area contributed by atoms with Crippen LogP contribution in [0.15, 0.2) is 72.8 Å². The number of hydrogen-bond donors (Lipinski definition) is 1. The highest BCUT2D eigenvalue weighted by Gasteiger charge is 2.26. The monoisotopic (exact) mass is 434 g/mol. The van der Waals surface area contributed by atoms with Crippen molar-refractivity contribution in [1.29, 1.82) is 0 Å². The van der Waals surface area contributed by atoms with Crippen molar-refractivity contribution < 1.29 is 14.3 Å². The quantitative estimate of drug-likeness (QED) is 0.574. The van der Waals surface area contributed by atoms with E-state index in [1.165, 1.54) is 0 Å². The van der Waals surface area contributed by atoms with Crippen molar-refractivity contribution in [3.05, 3.63) is 100 Å². The van der Waals surface area contributed by atoms with Gasteiger partial charge in [-0.1, -0.05) is 54.1 Å². The van der Waals surface area contributed by atoms with Crippen molar-refractivity contribution in [1.82, 2.24) is 5.32 Å². The first-order valence-corrected chi connectivity index (χ1v) is 10.6. The minimum absolute atomic E-state index is 0.157. The van der Waals surface area contributed by atoms with Crippen LogP contribution in [0.25, 0.3) is 0 Å². The van der Waals surface area contributed by atoms with E-state index in [4.69, 9.17) is 16.3 Å². The van der Waals surface area contributed by atoms with Gasteiger partial charge in [0, 0.05) is 17.1 Å². The summed E-state index contributed by atoms with van der Waals surface area (Å²) in [4.78, 5) is 26.7. The van der Waals surface area contributed by atoms with E-state index in [0.29, 0.717) is 17.1 Å². The number of carbonyl (C=O) groups is 2. The molecule has 5 nitrogen and oxygen atoms in total. The van der Waals surface area contributed by atoms with Gasteiger partial charge in [0.2, 0.25) is 0 Å². The molecule has 158 valence electrons. The molecular formula is C25H23ClN2O3. The number of fused-ring (bicyclic) bond motifs is 1. The van der Waals surface area contributed by atoms with Gasteiger partial charge in [0.15, 0.2) is 0 Å². The second-order valence-corrected chi connectivity index (χ2v) is 7.97. The first-order chi connectivity index (χ1) is 15.0. The Kier molecular flexibility index (Phi) is 6.23. The van der Waals surface area contributed by atoms with Crippen LogP contribution < -0.4 is 10.2 Å². The molecule has 3 aromatic rings. The van der Waals surface area contributed by atoms with Crippen LogP contribution in [0.5, 0.6) is 0 Å². The normalized spacial score (nSPS) is 13.4. The predicted molar refractivity (Wildman–Crippen MR) is 121 cm³/mol. The van der Waals surface area contributed by atoms with Gasteiger partial charge < -0.3 is 10.1 Å². The third-order valence-corrected chi connectivity index (χ3v) is 5.63. The Morgan fingerprint density at radius 3 is 2.55 bits per heavy atom. The van der Waals surface area contributed by atoms with Crippen LogP contribution in [0.4, 0.5) is 10.5 Å². The summed E-state index contributed by atoms with van der Waals surface area (Å²) in [7, 11) is 0. The van der Waals surface area contributed by atoms with Crippen molar-refractivity contribution in [2.75, 3.05) is 11.4 Å². The lowest BCUT2D eigenvalue weighted by Crippen LogP contribution is -2.29. The molecule has 2 amide bonds. The number of halogens is 1. The first-order valence-electron chi connectivity index (χ1n) is 10.2. The molecule has 1 atom stereocenters. The lowest BCUT2D eigenvalue weighted by Gasteiger charge is -2.19. The van der Waals surface area contributed by atoms with E-state index in [9.17, 15) is 9.59 Å². The van der Waals surface area contributed by atoms with Gasteiger partial charge in [0.1, 0.15) is 6.61 Å². The number of anilines is 1. The van der Waals surface area contributed by atoms with Gasteiger partial charge in [0.25, 0.3) is 5.91 Å². The van der Waals surface area contributed by atoms with E-state index in [1.54, 1.807) is 29.2 Å². The number of carbonyl (C=O) groups excluding carboxylic acids is 2. The van der Waals surface area contributed by atoms with Crippen LogP contribution in [0.1, 0.15) is 40.0 Å². The minimum atomic E-state index is -0.348. The Hall–Kier alpha value is -3.31. The highest BCUT2D eigenvalue weighted by Crippen LogP contribution is 2.31. The molecule has 1 aliphatic heterocycles.